The van der Waals surface area contributed by atoms with Crippen molar-refractivity contribution in [2.75, 3.05) is 13.1 Å². The SMILES string of the molecule is OC1CCCCC1C1CCCCN1CC1CCCC1. The Hall–Kier alpha value is -0.0800. The summed E-state index contributed by atoms with van der Waals surface area (Å²) in [6.07, 6.45) is 14.8. The molecule has 0 bridgehead atoms. The third-order valence-corrected chi connectivity index (χ3v) is 5.91. The average Bonchev–Trinajstić information content (AvgIpc) is 2.93. The Bertz CT molecular complexity index is 274. The van der Waals surface area contributed by atoms with Gasteiger partial charge in [-0.2, -0.15) is 0 Å². The zero-order chi connectivity index (χ0) is 13.1. The first-order valence-electron chi connectivity index (χ1n) is 8.77. The lowest BCUT2D eigenvalue weighted by molar-refractivity contribution is -0.0104. The van der Waals surface area contributed by atoms with E-state index >= 15 is 0 Å². The van der Waals surface area contributed by atoms with E-state index in [1.165, 1.54) is 77.3 Å². The van der Waals surface area contributed by atoms with Crippen LogP contribution in [0.1, 0.15) is 70.6 Å². The van der Waals surface area contributed by atoms with E-state index < -0.39 is 0 Å². The number of aliphatic hydroxyl groups excluding tert-OH is 1. The molecule has 1 saturated heterocycles. The first kappa shape index (κ1) is 13.9. The molecule has 0 amide bonds. The zero-order valence-electron chi connectivity index (χ0n) is 12.4. The van der Waals surface area contributed by atoms with E-state index in [1.54, 1.807) is 0 Å². The molecule has 19 heavy (non-hydrogen) atoms. The van der Waals surface area contributed by atoms with Crippen molar-refractivity contribution < 1.29 is 5.11 Å². The molecule has 0 radical (unpaired) electrons. The van der Waals surface area contributed by atoms with Crippen LogP contribution in [0.2, 0.25) is 0 Å². The summed E-state index contributed by atoms with van der Waals surface area (Å²) in [7, 11) is 0. The van der Waals surface area contributed by atoms with E-state index in [-0.39, 0.29) is 6.10 Å². The summed E-state index contributed by atoms with van der Waals surface area (Å²) in [5, 5.41) is 10.4. The monoisotopic (exact) mass is 265 g/mol. The molecule has 1 aliphatic heterocycles. The van der Waals surface area contributed by atoms with Gasteiger partial charge in [0.2, 0.25) is 0 Å². The largest absolute Gasteiger partial charge is 0.393 e. The molecule has 2 heteroatoms. The quantitative estimate of drug-likeness (QED) is 0.843. The molecule has 110 valence electrons. The van der Waals surface area contributed by atoms with Crippen molar-refractivity contribution in [1.82, 2.24) is 4.90 Å². The van der Waals surface area contributed by atoms with Gasteiger partial charge >= 0.3 is 0 Å². The molecule has 3 unspecified atom stereocenters. The molecule has 2 nitrogen and oxygen atoms in total. The van der Waals surface area contributed by atoms with Crippen molar-refractivity contribution in [1.29, 1.82) is 0 Å². The Kier molecular flexibility index (Phi) is 4.81. The standard InChI is InChI=1S/C17H31NO/c19-17-11-4-3-9-15(17)16-10-5-6-12-18(16)13-14-7-1-2-8-14/h14-17,19H,1-13H2. The van der Waals surface area contributed by atoms with Crippen molar-refractivity contribution in [3.8, 4) is 0 Å². The molecule has 1 N–H and O–H groups in total. The van der Waals surface area contributed by atoms with Gasteiger partial charge < -0.3 is 5.11 Å². The van der Waals surface area contributed by atoms with Crippen LogP contribution in [0.4, 0.5) is 0 Å². The number of hydrogen-bond acceptors (Lipinski definition) is 2. The number of rotatable bonds is 3. The third-order valence-electron chi connectivity index (χ3n) is 5.91. The first-order valence-corrected chi connectivity index (χ1v) is 8.77. The van der Waals surface area contributed by atoms with Crippen LogP contribution in [-0.4, -0.2) is 35.2 Å². The van der Waals surface area contributed by atoms with E-state index in [2.05, 4.69) is 4.90 Å². The first-order chi connectivity index (χ1) is 9.34. The summed E-state index contributed by atoms with van der Waals surface area (Å²) in [5.41, 5.74) is 0. The molecule has 0 aromatic carbocycles. The lowest BCUT2D eigenvalue weighted by Gasteiger charge is -2.44. The van der Waals surface area contributed by atoms with Gasteiger partial charge in [-0.05, 0) is 51.0 Å². The molecule has 2 aliphatic carbocycles. The van der Waals surface area contributed by atoms with Crippen LogP contribution in [0.25, 0.3) is 0 Å². The summed E-state index contributed by atoms with van der Waals surface area (Å²) in [6.45, 7) is 2.62. The van der Waals surface area contributed by atoms with Crippen LogP contribution >= 0.6 is 0 Å². The number of hydrogen-bond donors (Lipinski definition) is 1. The van der Waals surface area contributed by atoms with Crippen LogP contribution in [0, 0.1) is 11.8 Å². The highest BCUT2D eigenvalue weighted by molar-refractivity contribution is 4.90. The maximum absolute atomic E-state index is 10.4. The van der Waals surface area contributed by atoms with Crippen molar-refractivity contribution in [3.05, 3.63) is 0 Å². The summed E-state index contributed by atoms with van der Waals surface area (Å²) >= 11 is 0. The number of nitrogens with zero attached hydrogens (tertiary/aromatic N) is 1. The van der Waals surface area contributed by atoms with Crippen LogP contribution in [-0.2, 0) is 0 Å². The average molecular weight is 265 g/mol. The lowest BCUT2D eigenvalue weighted by Crippen LogP contribution is -2.50. The fourth-order valence-electron chi connectivity index (χ4n) is 4.84. The van der Waals surface area contributed by atoms with Crippen LogP contribution in [0.5, 0.6) is 0 Å². The fraction of sp³-hybridized carbons (Fsp3) is 1.00. The molecule has 3 rings (SSSR count). The molecular formula is C17H31NO. The van der Waals surface area contributed by atoms with E-state index in [0.29, 0.717) is 12.0 Å². The summed E-state index contributed by atoms with van der Waals surface area (Å²) in [5.74, 6) is 1.54. The molecule has 0 spiro atoms. The highest BCUT2D eigenvalue weighted by atomic mass is 16.3. The van der Waals surface area contributed by atoms with Gasteiger partial charge in [0.25, 0.3) is 0 Å². The number of aliphatic hydroxyl groups is 1. The van der Waals surface area contributed by atoms with Gasteiger partial charge in [-0.25, -0.2) is 0 Å². The third kappa shape index (κ3) is 3.33. The van der Waals surface area contributed by atoms with Gasteiger partial charge in [0, 0.05) is 18.5 Å². The van der Waals surface area contributed by atoms with Gasteiger partial charge in [-0.15, -0.1) is 0 Å². The predicted octanol–water partition coefficient (Wildman–Crippen LogP) is 3.58. The van der Waals surface area contributed by atoms with Crippen molar-refractivity contribution in [2.24, 2.45) is 11.8 Å². The second-order valence-corrected chi connectivity index (χ2v) is 7.22. The summed E-state index contributed by atoms with van der Waals surface area (Å²) in [6, 6.07) is 0.699. The molecule has 3 aliphatic rings. The smallest absolute Gasteiger partial charge is 0.0583 e. The summed E-state index contributed by atoms with van der Waals surface area (Å²) < 4.78 is 0. The maximum Gasteiger partial charge on any atom is 0.0583 e. The van der Waals surface area contributed by atoms with Crippen molar-refractivity contribution in [3.63, 3.8) is 0 Å². The summed E-state index contributed by atoms with van der Waals surface area (Å²) in [4.78, 5) is 2.78. The minimum Gasteiger partial charge on any atom is -0.393 e. The second kappa shape index (κ2) is 6.58. The van der Waals surface area contributed by atoms with Crippen molar-refractivity contribution >= 4 is 0 Å². The zero-order valence-corrected chi connectivity index (χ0v) is 12.4. The number of likely N-dealkylation sites (tertiary alicyclic amines) is 1. The highest BCUT2D eigenvalue weighted by Gasteiger charge is 2.36. The molecule has 0 aromatic heterocycles. The van der Waals surface area contributed by atoms with E-state index in [9.17, 15) is 5.11 Å². The minimum absolute atomic E-state index is 0.0112. The van der Waals surface area contributed by atoms with Gasteiger partial charge in [-0.3, -0.25) is 4.90 Å². The Morgan fingerprint density at radius 1 is 0.789 bits per heavy atom. The van der Waals surface area contributed by atoms with Gasteiger partial charge in [0.05, 0.1) is 6.10 Å². The Morgan fingerprint density at radius 3 is 2.26 bits per heavy atom. The highest BCUT2D eigenvalue weighted by Crippen LogP contribution is 2.35. The van der Waals surface area contributed by atoms with E-state index in [1.807, 2.05) is 0 Å². The second-order valence-electron chi connectivity index (χ2n) is 7.22. The molecule has 3 atom stereocenters. The Morgan fingerprint density at radius 2 is 1.47 bits per heavy atom. The van der Waals surface area contributed by atoms with Gasteiger partial charge in [0.15, 0.2) is 0 Å². The van der Waals surface area contributed by atoms with Gasteiger partial charge in [-0.1, -0.05) is 32.1 Å². The Labute approximate surface area is 118 Å². The topological polar surface area (TPSA) is 23.5 Å². The predicted molar refractivity (Wildman–Crippen MR) is 79.1 cm³/mol. The van der Waals surface area contributed by atoms with Crippen molar-refractivity contribution in [2.45, 2.75) is 82.8 Å². The van der Waals surface area contributed by atoms with Gasteiger partial charge in [0.1, 0.15) is 0 Å². The molecule has 3 fully saturated rings. The molecular weight excluding hydrogens is 234 g/mol. The Balaban J connectivity index is 1.62. The van der Waals surface area contributed by atoms with Crippen LogP contribution < -0.4 is 0 Å². The number of piperidine rings is 1. The minimum atomic E-state index is -0.0112. The molecule has 0 aromatic rings. The maximum atomic E-state index is 10.4. The molecule has 2 saturated carbocycles. The fourth-order valence-corrected chi connectivity index (χ4v) is 4.84. The van der Waals surface area contributed by atoms with Crippen LogP contribution in [0.15, 0.2) is 0 Å². The lowest BCUT2D eigenvalue weighted by atomic mass is 9.77. The normalized spacial score (nSPS) is 38.7. The molecule has 1 heterocycles. The van der Waals surface area contributed by atoms with E-state index in [0.717, 1.165) is 12.3 Å². The van der Waals surface area contributed by atoms with E-state index in [4.69, 9.17) is 0 Å². The van der Waals surface area contributed by atoms with Crippen LogP contribution in [0.3, 0.4) is 0 Å².